The summed E-state index contributed by atoms with van der Waals surface area (Å²) in [4.78, 5) is 26.8. The molecule has 0 bridgehead atoms. The fraction of sp³-hybridized carbons (Fsp3) is 0.522. The monoisotopic (exact) mass is 429 g/mol. The fourth-order valence-electron chi connectivity index (χ4n) is 4.27. The first-order chi connectivity index (χ1) is 14.5. The van der Waals surface area contributed by atoms with Crippen LogP contribution in [0.2, 0.25) is 0 Å². The van der Waals surface area contributed by atoms with Gasteiger partial charge in [0.15, 0.2) is 0 Å². The summed E-state index contributed by atoms with van der Waals surface area (Å²) < 4.78 is 0. The number of nitro benzene ring substituents is 1. The summed E-state index contributed by atoms with van der Waals surface area (Å²) in [5.74, 6) is -0.189. The molecular weight excluding hydrogens is 398 g/mol. The van der Waals surface area contributed by atoms with Gasteiger partial charge in [0, 0.05) is 47.7 Å². The molecule has 1 aliphatic heterocycles. The standard InChI is InChI=1S/C23H31N3O3S/c1-3-4-5-6-7-21-22-19(12-15-30-22)16-17(2)25(21)14-13-24-23(27)18-8-10-20(11-9-18)26(28)29/h8-12,15,17,21H,3-7,13-14,16H2,1-2H3,(H,24,27). The molecule has 6 nitrogen and oxygen atoms in total. The maximum absolute atomic E-state index is 12.4. The molecule has 2 heterocycles. The Labute approximate surface area is 182 Å². The molecule has 2 unspecified atom stereocenters. The lowest BCUT2D eigenvalue weighted by molar-refractivity contribution is -0.384. The van der Waals surface area contributed by atoms with E-state index < -0.39 is 4.92 Å². The van der Waals surface area contributed by atoms with Crippen molar-refractivity contribution in [3.05, 3.63) is 61.8 Å². The summed E-state index contributed by atoms with van der Waals surface area (Å²) in [6, 6.07) is 8.88. The summed E-state index contributed by atoms with van der Waals surface area (Å²) in [7, 11) is 0. The number of carbonyl (C=O) groups is 1. The zero-order chi connectivity index (χ0) is 21.5. The molecular formula is C23H31N3O3S. The fourth-order valence-corrected chi connectivity index (χ4v) is 5.37. The van der Waals surface area contributed by atoms with E-state index in [-0.39, 0.29) is 11.6 Å². The van der Waals surface area contributed by atoms with Crippen LogP contribution in [-0.2, 0) is 6.42 Å². The van der Waals surface area contributed by atoms with Crippen molar-refractivity contribution in [3.63, 3.8) is 0 Å². The maximum atomic E-state index is 12.4. The van der Waals surface area contributed by atoms with E-state index in [0.29, 0.717) is 24.2 Å². The molecule has 0 fully saturated rings. The van der Waals surface area contributed by atoms with Crippen molar-refractivity contribution in [1.29, 1.82) is 0 Å². The highest BCUT2D eigenvalue weighted by molar-refractivity contribution is 7.10. The summed E-state index contributed by atoms with van der Waals surface area (Å²) in [6.07, 6.45) is 7.24. The number of unbranched alkanes of at least 4 members (excludes halogenated alkanes) is 3. The number of thiophene rings is 1. The van der Waals surface area contributed by atoms with Gasteiger partial charge < -0.3 is 5.32 Å². The third-order valence-electron chi connectivity index (χ3n) is 5.89. The van der Waals surface area contributed by atoms with Crippen molar-refractivity contribution < 1.29 is 9.72 Å². The molecule has 30 heavy (non-hydrogen) atoms. The van der Waals surface area contributed by atoms with Gasteiger partial charge in [-0.2, -0.15) is 0 Å². The Morgan fingerprint density at radius 3 is 2.70 bits per heavy atom. The SMILES string of the molecule is CCCCCCC1c2sccc2CC(C)N1CCNC(=O)c1ccc([N+](=O)[O-])cc1. The lowest BCUT2D eigenvalue weighted by Gasteiger charge is -2.41. The number of hydrogen-bond acceptors (Lipinski definition) is 5. The highest BCUT2D eigenvalue weighted by Crippen LogP contribution is 2.39. The van der Waals surface area contributed by atoms with Crippen LogP contribution >= 0.6 is 11.3 Å². The van der Waals surface area contributed by atoms with Gasteiger partial charge in [0.25, 0.3) is 11.6 Å². The van der Waals surface area contributed by atoms with Gasteiger partial charge in [-0.25, -0.2) is 0 Å². The average Bonchev–Trinajstić information content (AvgIpc) is 3.20. The topological polar surface area (TPSA) is 75.5 Å². The number of non-ortho nitro benzene ring substituents is 1. The normalized spacial score (nSPS) is 18.7. The minimum atomic E-state index is -0.459. The van der Waals surface area contributed by atoms with Gasteiger partial charge in [0.05, 0.1) is 4.92 Å². The largest absolute Gasteiger partial charge is 0.351 e. The molecule has 3 rings (SSSR count). The minimum absolute atomic E-state index is 0.00800. The number of rotatable bonds is 10. The maximum Gasteiger partial charge on any atom is 0.269 e. The third-order valence-corrected chi connectivity index (χ3v) is 6.95. The summed E-state index contributed by atoms with van der Waals surface area (Å²) in [5.41, 5.74) is 1.93. The van der Waals surface area contributed by atoms with Crippen molar-refractivity contribution >= 4 is 22.9 Å². The van der Waals surface area contributed by atoms with E-state index in [2.05, 4.69) is 35.5 Å². The molecule has 1 aliphatic rings. The second-order valence-electron chi connectivity index (χ2n) is 8.03. The number of nitro groups is 1. The van der Waals surface area contributed by atoms with E-state index in [4.69, 9.17) is 0 Å². The Morgan fingerprint density at radius 1 is 1.23 bits per heavy atom. The predicted molar refractivity (Wildman–Crippen MR) is 121 cm³/mol. The van der Waals surface area contributed by atoms with Crippen molar-refractivity contribution in [2.24, 2.45) is 0 Å². The van der Waals surface area contributed by atoms with E-state index in [1.165, 1.54) is 60.4 Å². The molecule has 1 N–H and O–H groups in total. The Kier molecular flexibility index (Phi) is 7.99. The predicted octanol–water partition coefficient (Wildman–Crippen LogP) is 5.34. The molecule has 2 atom stereocenters. The second kappa shape index (κ2) is 10.7. The Hall–Kier alpha value is -2.25. The molecule has 0 spiro atoms. The molecule has 1 amide bonds. The van der Waals surface area contributed by atoms with Gasteiger partial charge in [-0.05, 0) is 48.9 Å². The molecule has 0 radical (unpaired) electrons. The highest BCUT2D eigenvalue weighted by atomic mass is 32.1. The van der Waals surface area contributed by atoms with Crippen molar-refractivity contribution in [1.82, 2.24) is 10.2 Å². The van der Waals surface area contributed by atoms with Crippen molar-refractivity contribution in [2.45, 2.75) is 64.5 Å². The van der Waals surface area contributed by atoms with Crippen LogP contribution in [0.25, 0.3) is 0 Å². The zero-order valence-corrected chi connectivity index (χ0v) is 18.6. The quantitative estimate of drug-likeness (QED) is 0.314. The van der Waals surface area contributed by atoms with Crippen LogP contribution in [0, 0.1) is 10.1 Å². The number of nitrogens with zero attached hydrogens (tertiary/aromatic N) is 2. The second-order valence-corrected chi connectivity index (χ2v) is 8.97. The molecule has 1 aromatic heterocycles. The Bertz CT molecular complexity index is 850. The van der Waals surface area contributed by atoms with E-state index >= 15 is 0 Å². The number of hydrogen-bond donors (Lipinski definition) is 1. The van der Waals surface area contributed by atoms with E-state index in [9.17, 15) is 14.9 Å². The molecule has 0 saturated heterocycles. The molecule has 2 aromatic rings. The number of fused-ring (bicyclic) bond motifs is 1. The van der Waals surface area contributed by atoms with Crippen molar-refractivity contribution in [3.8, 4) is 0 Å². The number of benzene rings is 1. The van der Waals surface area contributed by atoms with Crippen LogP contribution in [0.3, 0.4) is 0 Å². The van der Waals surface area contributed by atoms with E-state index in [0.717, 1.165) is 19.4 Å². The van der Waals surface area contributed by atoms with Gasteiger partial charge in [0.1, 0.15) is 0 Å². The van der Waals surface area contributed by atoms with Crippen LogP contribution in [0.15, 0.2) is 35.7 Å². The van der Waals surface area contributed by atoms with Gasteiger partial charge in [0.2, 0.25) is 0 Å². The highest BCUT2D eigenvalue weighted by Gasteiger charge is 2.32. The average molecular weight is 430 g/mol. The lowest BCUT2D eigenvalue weighted by atomic mass is 9.92. The molecule has 7 heteroatoms. The van der Waals surface area contributed by atoms with Gasteiger partial charge in [-0.1, -0.05) is 32.6 Å². The number of amides is 1. The van der Waals surface area contributed by atoms with Crippen molar-refractivity contribution in [2.75, 3.05) is 13.1 Å². The summed E-state index contributed by atoms with van der Waals surface area (Å²) in [6.45, 7) is 5.87. The lowest BCUT2D eigenvalue weighted by Crippen LogP contribution is -2.45. The summed E-state index contributed by atoms with van der Waals surface area (Å²) >= 11 is 1.86. The number of nitrogens with one attached hydrogen (secondary N) is 1. The van der Waals surface area contributed by atoms with E-state index in [1.54, 1.807) is 0 Å². The van der Waals surface area contributed by atoms with E-state index in [1.807, 2.05) is 11.3 Å². The van der Waals surface area contributed by atoms with Gasteiger partial charge in [-0.3, -0.25) is 19.8 Å². The minimum Gasteiger partial charge on any atom is -0.351 e. The third kappa shape index (κ3) is 5.46. The number of carbonyl (C=O) groups excluding carboxylic acids is 1. The Morgan fingerprint density at radius 2 is 2.00 bits per heavy atom. The summed E-state index contributed by atoms with van der Waals surface area (Å²) in [5, 5.41) is 16.0. The van der Waals surface area contributed by atoms with Gasteiger partial charge in [-0.15, -0.1) is 11.3 Å². The first-order valence-corrected chi connectivity index (χ1v) is 11.7. The van der Waals surface area contributed by atoms with Crippen LogP contribution < -0.4 is 5.32 Å². The Balaban J connectivity index is 1.59. The first kappa shape index (κ1) is 22.4. The molecule has 1 aromatic carbocycles. The molecule has 0 saturated carbocycles. The van der Waals surface area contributed by atoms with Gasteiger partial charge >= 0.3 is 0 Å². The van der Waals surface area contributed by atoms with Crippen LogP contribution in [0.1, 0.15) is 72.8 Å². The van der Waals surface area contributed by atoms with Crippen LogP contribution in [0.5, 0.6) is 0 Å². The smallest absolute Gasteiger partial charge is 0.269 e. The van der Waals surface area contributed by atoms with Crippen LogP contribution in [-0.4, -0.2) is 34.9 Å². The molecule has 0 aliphatic carbocycles. The first-order valence-electron chi connectivity index (χ1n) is 10.9. The molecule has 162 valence electrons. The zero-order valence-electron chi connectivity index (χ0n) is 17.8. The van der Waals surface area contributed by atoms with Crippen LogP contribution in [0.4, 0.5) is 5.69 Å².